The first kappa shape index (κ1) is 23.7. The number of benzene rings is 1. The van der Waals surface area contributed by atoms with Gasteiger partial charge in [0.1, 0.15) is 23.9 Å². The van der Waals surface area contributed by atoms with E-state index < -0.39 is 40.7 Å². The SMILES string of the molecule is O=c1nc(OCc2cc(F)c(Oc3ccnc(C(F)(F)F)c3)c(F)c2)cc2n1C[C@@H]1CC3(CCC3)CN21. The van der Waals surface area contributed by atoms with E-state index in [9.17, 15) is 26.7 Å². The van der Waals surface area contributed by atoms with Gasteiger partial charge in [-0.05, 0) is 48.4 Å². The van der Waals surface area contributed by atoms with Gasteiger partial charge in [-0.25, -0.2) is 13.6 Å². The quantitative estimate of drug-likeness (QED) is 0.438. The van der Waals surface area contributed by atoms with Crippen LogP contribution in [-0.2, 0) is 19.3 Å². The molecule has 1 aliphatic carbocycles. The molecule has 12 heteroatoms. The zero-order valence-electron chi connectivity index (χ0n) is 19.4. The Hall–Kier alpha value is -3.70. The molecule has 0 bridgehead atoms. The lowest BCUT2D eigenvalue weighted by Crippen LogP contribution is -2.34. The number of alkyl halides is 3. The molecule has 3 aliphatic rings. The van der Waals surface area contributed by atoms with E-state index in [1.54, 1.807) is 10.6 Å². The highest BCUT2D eigenvalue weighted by Crippen LogP contribution is 2.53. The van der Waals surface area contributed by atoms with Crippen LogP contribution in [0.1, 0.15) is 36.9 Å². The molecular formula is C25H21F5N4O3. The van der Waals surface area contributed by atoms with Crippen molar-refractivity contribution in [3.8, 4) is 17.4 Å². The number of pyridine rings is 1. The van der Waals surface area contributed by atoms with Gasteiger partial charge in [0.2, 0.25) is 5.88 Å². The zero-order valence-corrected chi connectivity index (χ0v) is 19.4. The van der Waals surface area contributed by atoms with Gasteiger partial charge in [-0.3, -0.25) is 9.55 Å². The van der Waals surface area contributed by atoms with Gasteiger partial charge in [0.05, 0.1) is 0 Å². The Morgan fingerprint density at radius 1 is 1.11 bits per heavy atom. The highest BCUT2D eigenvalue weighted by molar-refractivity contribution is 5.49. The minimum absolute atomic E-state index is 0.0454. The largest absolute Gasteiger partial charge is 0.473 e. The number of rotatable bonds is 5. The van der Waals surface area contributed by atoms with Crippen LogP contribution >= 0.6 is 0 Å². The summed E-state index contributed by atoms with van der Waals surface area (Å²) in [6.07, 6.45) is 0.763. The van der Waals surface area contributed by atoms with Crippen molar-refractivity contribution in [1.82, 2.24) is 14.5 Å². The number of ether oxygens (including phenoxy) is 2. The third-order valence-corrected chi connectivity index (χ3v) is 7.37. The fraction of sp³-hybridized carbons (Fsp3) is 0.400. The summed E-state index contributed by atoms with van der Waals surface area (Å²) in [7, 11) is 0. The summed E-state index contributed by atoms with van der Waals surface area (Å²) >= 11 is 0. The van der Waals surface area contributed by atoms with Gasteiger partial charge in [-0.2, -0.15) is 18.2 Å². The predicted molar refractivity (Wildman–Crippen MR) is 121 cm³/mol. The van der Waals surface area contributed by atoms with Crippen LogP contribution in [0.25, 0.3) is 0 Å². The maximum absolute atomic E-state index is 14.6. The Morgan fingerprint density at radius 2 is 1.86 bits per heavy atom. The number of nitrogens with zero attached hydrogens (tertiary/aromatic N) is 4. The van der Waals surface area contributed by atoms with Gasteiger partial charge in [0, 0.05) is 37.5 Å². The molecule has 0 amide bonds. The second-order valence-electron chi connectivity index (χ2n) is 9.84. The number of aromatic nitrogens is 3. The van der Waals surface area contributed by atoms with Crippen molar-refractivity contribution >= 4 is 5.82 Å². The average molecular weight is 520 g/mol. The average Bonchev–Trinajstić information content (AvgIpc) is 3.36. The topological polar surface area (TPSA) is 69.5 Å². The Morgan fingerprint density at radius 3 is 2.54 bits per heavy atom. The maximum atomic E-state index is 14.6. The Bertz CT molecular complexity index is 1410. The number of anilines is 1. The molecule has 1 aromatic carbocycles. The number of fused-ring (bicyclic) bond motifs is 3. The first-order chi connectivity index (χ1) is 17.6. The lowest BCUT2D eigenvalue weighted by Gasteiger charge is -2.38. The Balaban J connectivity index is 1.17. The number of hydrogen-bond donors (Lipinski definition) is 0. The number of halogens is 5. The van der Waals surface area contributed by atoms with Gasteiger partial charge in [0.25, 0.3) is 0 Å². The summed E-state index contributed by atoms with van der Waals surface area (Å²) in [5.41, 5.74) is -1.28. The molecule has 4 heterocycles. The third kappa shape index (κ3) is 4.27. The molecule has 0 unspecified atom stereocenters. The second-order valence-corrected chi connectivity index (χ2v) is 9.84. The van der Waals surface area contributed by atoms with Gasteiger partial charge in [-0.15, -0.1) is 0 Å². The van der Waals surface area contributed by atoms with Crippen LogP contribution in [0.3, 0.4) is 0 Å². The zero-order chi connectivity index (χ0) is 25.9. The van der Waals surface area contributed by atoms with Crippen LogP contribution < -0.4 is 20.1 Å². The normalized spacial score (nSPS) is 19.5. The standard InChI is InChI=1S/C25H21F5N4O3/c26-17-6-14(7-18(27)22(17)37-16-2-5-31-19(8-16)25(28,29)30)12-36-20-9-21-33(23(35)32-20)11-15-10-24(3-1-4-24)13-34(15)21/h2,5-9,15H,1,3-4,10-13H2/t15-/m0/s1. The molecule has 0 N–H and O–H groups in total. The predicted octanol–water partition coefficient (Wildman–Crippen LogP) is 5.07. The first-order valence-corrected chi connectivity index (χ1v) is 11.8. The van der Waals surface area contributed by atoms with Crippen molar-refractivity contribution in [3.63, 3.8) is 0 Å². The van der Waals surface area contributed by atoms with Gasteiger partial charge >= 0.3 is 11.9 Å². The van der Waals surface area contributed by atoms with Crippen molar-refractivity contribution in [3.05, 3.63) is 69.9 Å². The Labute approximate surface area is 207 Å². The lowest BCUT2D eigenvalue weighted by molar-refractivity contribution is -0.141. The smallest absolute Gasteiger partial charge is 0.433 e. The molecule has 37 heavy (non-hydrogen) atoms. The molecule has 1 atom stereocenters. The molecule has 7 nitrogen and oxygen atoms in total. The summed E-state index contributed by atoms with van der Waals surface area (Å²) < 4.78 is 80.1. The first-order valence-electron chi connectivity index (χ1n) is 11.8. The maximum Gasteiger partial charge on any atom is 0.433 e. The molecule has 1 saturated carbocycles. The molecule has 2 aromatic heterocycles. The van der Waals surface area contributed by atoms with E-state index in [1.165, 1.54) is 19.3 Å². The number of hydrogen-bond acceptors (Lipinski definition) is 6. The summed E-state index contributed by atoms with van der Waals surface area (Å²) in [6, 6.07) is 5.42. The summed E-state index contributed by atoms with van der Waals surface area (Å²) in [4.78, 5) is 21.9. The molecule has 3 aromatic rings. The summed E-state index contributed by atoms with van der Waals surface area (Å²) in [5, 5.41) is 0. The van der Waals surface area contributed by atoms with Gasteiger partial charge in [-0.1, -0.05) is 6.42 Å². The second kappa shape index (κ2) is 8.42. The van der Waals surface area contributed by atoms with Crippen molar-refractivity contribution in [2.24, 2.45) is 5.41 Å². The van der Waals surface area contributed by atoms with Crippen molar-refractivity contribution < 1.29 is 31.4 Å². The van der Waals surface area contributed by atoms with Crippen LogP contribution in [0.15, 0.2) is 41.3 Å². The lowest BCUT2D eigenvalue weighted by atomic mass is 9.67. The molecule has 1 spiro atoms. The fourth-order valence-corrected chi connectivity index (χ4v) is 5.50. The highest BCUT2D eigenvalue weighted by Gasteiger charge is 2.50. The van der Waals surface area contributed by atoms with E-state index in [0.717, 1.165) is 43.2 Å². The van der Waals surface area contributed by atoms with Crippen molar-refractivity contribution in [1.29, 1.82) is 0 Å². The molecular weight excluding hydrogens is 499 g/mol. The van der Waals surface area contributed by atoms with E-state index >= 15 is 0 Å². The van der Waals surface area contributed by atoms with Crippen LogP contribution in [0.4, 0.5) is 27.8 Å². The monoisotopic (exact) mass is 520 g/mol. The fourth-order valence-electron chi connectivity index (χ4n) is 5.50. The van der Waals surface area contributed by atoms with E-state index in [-0.39, 0.29) is 24.1 Å². The van der Waals surface area contributed by atoms with Crippen LogP contribution in [0.5, 0.6) is 17.4 Å². The van der Waals surface area contributed by atoms with Gasteiger partial charge < -0.3 is 14.4 Å². The van der Waals surface area contributed by atoms with Crippen LogP contribution in [-0.4, -0.2) is 27.1 Å². The minimum atomic E-state index is -4.74. The molecule has 1 saturated heterocycles. The van der Waals surface area contributed by atoms with Crippen molar-refractivity contribution in [2.45, 2.75) is 51.1 Å². The molecule has 0 radical (unpaired) electrons. The third-order valence-electron chi connectivity index (χ3n) is 7.37. The van der Waals surface area contributed by atoms with E-state index in [4.69, 9.17) is 9.47 Å². The van der Waals surface area contributed by atoms with Crippen LogP contribution in [0.2, 0.25) is 0 Å². The van der Waals surface area contributed by atoms with E-state index in [0.29, 0.717) is 18.0 Å². The van der Waals surface area contributed by atoms with Crippen LogP contribution in [0, 0.1) is 17.0 Å². The summed E-state index contributed by atoms with van der Waals surface area (Å²) in [6.45, 7) is 1.19. The molecule has 2 fully saturated rings. The molecule has 6 rings (SSSR count). The van der Waals surface area contributed by atoms with E-state index in [1.807, 2.05) is 0 Å². The van der Waals surface area contributed by atoms with E-state index in [2.05, 4.69) is 14.9 Å². The van der Waals surface area contributed by atoms with Crippen molar-refractivity contribution in [2.75, 3.05) is 11.4 Å². The Kier molecular flexibility index (Phi) is 5.39. The van der Waals surface area contributed by atoms with Gasteiger partial charge in [0.15, 0.2) is 17.4 Å². The summed E-state index contributed by atoms with van der Waals surface area (Å²) in [5.74, 6) is -2.75. The minimum Gasteiger partial charge on any atom is -0.473 e. The molecule has 2 aliphatic heterocycles. The highest BCUT2D eigenvalue weighted by atomic mass is 19.4. The molecule has 194 valence electrons.